The van der Waals surface area contributed by atoms with Gasteiger partial charge in [-0.05, 0) is 29.9 Å². The number of rotatable bonds is 8. The zero-order valence-corrected chi connectivity index (χ0v) is 13.8. The Morgan fingerprint density at radius 3 is 2.15 bits per heavy atom. The lowest BCUT2D eigenvalue weighted by atomic mass is 10.1. The fourth-order valence-corrected chi connectivity index (χ4v) is 1.99. The first kappa shape index (κ1) is 17.0. The number of nitrogens with zero attached hydrogens (tertiary/aromatic N) is 4. The smallest absolute Gasteiger partial charge is 0.322 e. The summed E-state index contributed by atoms with van der Waals surface area (Å²) in [6.07, 6.45) is 0.903. The highest BCUT2D eigenvalue weighted by molar-refractivity contribution is 6.28. The van der Waals surface area contributed by atoms with Crippen molar-refractivity contribution < 1.29 is 4.74 Å². The van der Waals surface area contributed by atoms with Gasteiger partial charge in [0, 0.05) is 13.1 Å². The standard InChI is InChI=1S/C14H25ClN4O/c1-6-7-20-14-17-12(15)16-13(18-14)19(8-10(2)3)9-11(4)5/h10-11H,6-9H2,1-5H3. The van der Waals surface area contributed by atoms with Gasteiger partial charge in [0.05, 0.1) is 6.61 Å². The van der Waals surface area contributed by atoms with E-state index in [1.54, 1.807) is 0 Å². The first-order valence-electron chi connectivity index (χ1n) is 7.21. The number of hydrogen-bond acceptors (Lipinski definition) is 5. The van der Waals surface area contributed by atoms with Crippen LogP contribution in [0.2, 0.25) is 5.28 Å². The molecule has 1 aromatic rings. The molecule has 0 saturated heterocycles. The third-order valence-electron chi connectivity index (χ3n) is 2.47. The van der Waals surface area contributed by atoms with Gasteiger partial charge >= 0.3 is 6.01 Å². The SMILES string of the molecule is CCCOc1nc(Cl)nc(N(CC(C)C)CC(C)C)n1. The van der Waals surface area contributed by atoms with Gasteiger partial charge in [0.1, 0.15) is 0 Å². The van der Waals surface area contributed by atoms with Crippen molar-refractivity contribution in [3.63, 3.8) is 0 Å². The summed E-state index contributed by atoms with van der Waals surface area (Å²) in [5, 5.41) is 0.179. The van der Waals surface area contributed by atoms with E-state index >= 15 is 0 Å². The van der Waals surface area contributed by atoms with Gasteiger partial charge < -0.3 is 9.64 Å². The quantitative estimate of drug-likeness (QED) is 0.736. The molecule has 0 fully saturated rings. The van der Waals surface area contributed by atoms with E-state index in [1.165, 1.54) is 0 Å². The first-order valence-corrected chi connectivity index (χ1v) is 7.59. The summed E-state index contributed by atoms with van der Waals surface area (Å²) in [5.74, 6) is 1.63. The Morgan fingerprint density at radius 1 is 1.05 bits per heavy atom. The van der Waals surface area contributed by atoms with Crippen molar-refractivity contribution in [1.82, 2.24) is 15.0 Å². The second kappa shape index (κ2) is 8.25. The second-order valence-electron chi connectivity index (χ2n) is 5.73. The summed E-state index contributed by atoms with van der Waals surface area (Å²) in [4.78, 5) is 14.8. The number of ether oxygens (including phenoxy) is 1. The van der Waals surface area contributed by atoms with E-state index < -0.39 is 0 Å². The van der Waals surface area contributed by atoms with Gasteiger partial charge in [-0.1, -0.05) is 34.6 Å². The maximum Gasteiger partial charge on any atom is 0.322 e. The van der Waals surface area contributed by atoms with Gasteiger partial charge in [0.25, 0.3) is 0 Å². The van der Waals surface area contributed by atoms with Crippen LogP contribution in [0.5, 0.6) is 6.01 Å². The highest BCUT2D eigenvalue weighted by Gasteiger charge is 2.16. The third kappa shape index (κ3) is 5.90. The molecule has 0 aromatic carbocycles. The van der Waals surface area contributed by atoms with E-state index in [1.807, 2.05) is 6.92 Å². The topological polar surface area (TPSA) is 51.1 Å². The van der Waals surface area contributed by atoms with Crippen LogP contribution in [-0.2, 0) is 0 Å². The molecule has 0 aliphatic carbocycles. The summed E-state index contributed by atoms with van der Waals surface area (Å²) in [6.45, 7) is 13.1. The molecule has 0 unspecified atom stereocenters. The molecule has 0 radical (unpaired) electrons. The largest absolute Gasteiger partial charge is 0.463 e. The molecule has 1 heterocycles. The number of aromatic nitrogens is 3. The molecule has 114 valence electrons. The van der Waals surface area contributed by atoms with Gasteiger partial charge in [0.2, 0.25) is 11.2 Å². The van der Waals surface area contributed by atoms with E-state index in [0.717, 1.165) is 19.5 Å². The molecule has 20 heavy (non-hydrogen) atoms. The maximum atomic E-state index is 5.98. The Morgan fingerprint density at radius 2 is 1.65 bits per heavy atom. The summed E-state index contributed by atoms with van der Waals surface area (Å²) >= 11 is 5.98. The van der Waals surface area contributed by atoms with Crippen LogP contribution in [0.25, 0.3) is 0 Å². The molecule has 1 rings (SSSR count). The van der Waals surface area contributed by atoms with Gasteiger partial charge in [-0.3, -0.25) is 0 Å². The Bertz CT molecular complexity index is 402. The predicted octanol–water partition coefficient (Wildman–Crippen LogP) is 3.43. The lowest BCUT2D eigenvalue weighted by molar-refractivity contribution is 0.291. The Labute approximate surface area is 126 Å². The lowest BCUT2D eigenvalue weighted by Gasteiger charge is -2.26. The van der Waals surface area contributed by atoms with Crippen molar-refractivity contribution in [2.75, 3.05) is 24.6 Å². The highest BCUT2D eigenvalue weighted by Crippen LogP contribution is 2.18. The first-order chi connectivity index (χ1) is 9.42. The van der Waals surface area contributed by atoms with Crippen molar-refractivity contribution in [3.05, 3.63) is 5.28 Å². The summed E-state index contributed by atoms with van der Waals surface area (Å²) < 4.78 is 5.46. The molecular weight excluding hydrogens is 276 g/mol. The van der Waals surface area contributed by atoms with Gasteiger partial charge in [-0.15, -0.1) is 0 Å². The number of halogens is 1. The molecular formula is C14H25ClN4O. The normalized spacial score (nSPS) is 11.2. The van der Waals surface area contributed by atoms with Crippen LogP contribution in [0.4, 0.5) is 5.95 Å². The fourth-order valence-electron chi connectivity index (χ4n) is 1.84. The van der Waals surface area contributed by atoms with Crippen LogP contribution in [-0.4, -0.2) is 34.6 Å². The fraction of sp³-hybridized carbons (Fsp3) is 0.786. The molecule has 0 saturated carbocycles. The van der Waals surface area contributed by atoms with Gasteiger partial charge in [-0.2, -0.15) is 15.0 Å². The van der Waals surface area contributed by atoms with Crippen LogP contribution >= 0.6 is 11.6 Å². The van der Waals surface area contributed by atoms with Crippen LogP contribution < -0.4 is 9.64 Å². The molecule has 0 N–H and O–H groups in total. The molecule has 0 spiro atoms. The van der Waals surface area contributed by atoms with Crippen molar-refractivity contribution in [3.8, 4) is 6.01 Å². The van der Waals surface area contributed by atoms with Gasteiger partial charge in [-0.25, -0.2) is 0 Å². The minimum absolute atomic E-state index is 0.179. The zero-order valence-electron chi connectivity index (χ0n) is 13.1. The van der Waals surface area contributed by atoms with Crippen LogP contribution in [0.3, 0.4) is 0 Å². The van der Waals surface area contributed by atoms with Crippen molar-refractivity contribution in [2.24, 2.45) is 11.8 Å². The molecule has 5 nitrogen and oxygen atoms in total. The van der Waals surface area contributed by atoms with E-state index in [2.05, 4.69) is 47.5 Å². The summed E-state index contributed by atoms with van der Waals surface area (Å²) in [7, 11) is 0. The van der Waals surface area contributed by atoms with Gasteiger partial charge in [0.15, 0.2) is 0 Å². The molecule has 0 aliphatic rings. The van der Waals surface area contributed by atoms with E-state index in [-0.39, 0.29) is 5.28 Å². The minimum Gasteiger partial charge on any atom is -0.463 e. The molecule has 0 aliphatic heterocycles. The van der Waals surface area contributed by atoms with E-state index in [9.17, 15) is 0 Å². The highest BCUT2D eigenvalue weighted by atomic mass is 35.5. The van der Waals surface area contributed by atoms with Crippen molar-refractivity contribution in [1.29, 1.82) is 0 Å². The van der Waals surface area contributed by atoms with Crippen LogP contribution in [0.15, 0.2) is 0 Å². The lowest BCUT2D eigenvalue weighted by Crippen LogP contribution is -2.33. The van der Waals surface area contributed by atoms with E-state index in [0.29, 0.717) is 30.4 Å². The number of hydrogen-bond donors (Lipinski definition) is 0. The molecule has 0 atom stereocenters. The average molecular weight is 301 g/mol. The molecule has 6 heteroatoms. The van der Waals surface area contributed by atoms with Crippen molar-refractivity contribution in [2.45, 2.75) is 41.0 Å². The maximum absolute atomic E-state index is 5.98. The number of anilines is 1. The van der Waals surface area contributed by atoms with E-state index in [4.69, 9.17) is 16.3 Å². The molecule has 0 amide bonds. The Hall–Kier alpha value is -1.10. The molecule has 0 bridgehead atoms. The van der Waals surface area contributed by atoms with Crippen LogP contribution in [0, 0.1) is 11.8 Å². The Kier molecular flexibility index (Phi) is 6.99. The average Bonchev–Trinajstić information content (AvgIpc) is 2.33. The third-order valence-corrected chi connectivity index (χ3v) is 2.63. The second-order valence-corrected chi connectivity index (χ2v) is 6.07. The summed E-state index contributed by atoms with van der Waals surface area (Å²) in [5.41, 5.74) is 0. The zero-order chi connectivity index (χ0) is 15.1. The van der Waals surface area contributed by atoms with Crippen molar-refractivity contribution >= 4 is 17.5 Å². The Balaban J connectivity index is 2.95. The van der Waals surface area contributed by atoms with Crippen LogP contribution in [0.1, 0.15) is 41.0 Å². The minimum atomic E-state index is 0.179. The predicted molar refractivity (Wildman–Crippen MR) is 82.5 cm³/mol. The summed E-state index contributed by atoms with van der Waals surface area (Å²) in [6, 6.07) is 0.305. The monoisotopic (exact) mass is 300 g/mol. The molecule has 1 aromatic heterocycles.